The summed E-state index contributed by atoms with van der Waals surface area (Å²) in [7, 11) is 0. The summed E-state index contributed by atoms with van der Waals surface area (Å²) < 4.78 is 13.7. The maximum Gasteiger partial charge on any atom is 0.352 e. The fourth-order valence-electron chi connectivity index (χ4n) is 1.40. The van der Waals surface area contributed by atoms with Crippen LogP contribution in [-0.2, 0) is 0 Å². The number of hydrogen-bond acceptors (Lipinski definition) is 2. The molecule has 1 heterocycles. The van der Waals surface area contributed by atoms with Crippen LogP contribution in [0.1, 0.15) is 10.5 Å². The zero-order chi connectivity index (χ0) is 11.9. The average molecular weight is 258 g/mol. The fourth-order valence-corrected chi connectivity index (χ4v) is 1.87. The van der Waals surface area contributed by atoms with E-state index in [1.165, 1.54) is 18.2 Å². The molecule has 0 spiro atoms. The second-order valence-electron chi connectivity index (χ2n) is 3.14. The predicted octanol–water partition coefficient (Wildman–Crippen LogP) is 3.39. The van der Waals surface area contributed by atoms with Gasteiger partial charge in [0, 0.05) is 0 Å². The molecule has 0 fully saturated rings. The smallest absolute Gasteiger partial charge is 0.352 e. The molecule has 82 valence electrons. The summed E-state index contributed by atoms with van der Waals surface area (Å²) in [5.74, 6) is -1.79. The Kier molecular flexibility index (Phi) is 2.65. The number of aromatic nitrogens is 1. The minimum atomic E-state index is -1.15. The van der Waals surface area contributed by atoms with Crippen molar-refractivity contribution in [1.82, 2.24) is 4.98 Å². The predicted molar refractivity (Wildman–Crippen MR) is 61.1 cm³/mol. The van der Waals surface area contributed by atoms with Gasteiger partial charge in [-0.05, 0) is 18.2 Å². The van der Waals surface area contributed by atoms with Gasteiger partial charge >= 0.3 is 5.97 Å². The number of nitrogens with one attached hydrogen (secondary N) is 1. The van der Waals surface area contributed by atoms with Gasteiger partial charge in [0.25, 0.3) is 0 Å². The van der Waals surface area contributed by atoms with E-state index in [0.29, 0.717) is 5.52 Å². The van der Waals surface area contributed by atoms with Gasteiger partial charge in [0.15, 0.2) is 5.82 Å². The molecule has 0 radical (unpaired) electrons. The summed E-state index contributed by atoms with van der Waals surface area (Å²) in [5.41, 5.74) is 0.228. The number of fused-ring (bicyclic) bond motifs is 1. The SMILES string of the molecule is O=C(O)c1cc(=S)c2c(F)c(Cl)ccc2[nH]1. The van der Waals surface area contributed by atoms with Crippen LogP contribution in [0.4, 0.5) is 4.39 Å². The van der Waals surface area contributed by atoms with Crippen LogP contribution in [0, 0.1) is 10.3 Å². The third-order valence-corrected chi connectivity index (χ3v) is 2.73. The second-order valence-corrected chi connectivity index (χ2v) is 3.98. The van der Waals surface area contributed by atoms with Crippen LogP contribution >= 0.6 is 23.8 Å². The summed E-state index contributed by atoms with van der Waals surface area (Å²) in [6.07, 6.45) is 0. The summed E-state index contributed by atoms with van der Waals surface area (Å²) in [6.45, 7) is 0. The van der Waals surface area contributed by atoms with E-state index in [4.69, 9.17) is 28.9 Å². The van der Waals surface area contributed by atoms with E-state index in [-0.39, 0.29) is 20.6 Å². The van der Waals surface area contributed by atoms with E-state index < -0.39 is 11.8 Å². The summed E-state index contributed by atoms with van der Waals surface area (Å²) >= 11 is 10.5. The lowest BCUT2D eigenvalue weighted by molar-refractivity contribution is 0.0691. The summed E-state index contributed by atoms with van der Waals surface area (Å²) in [6, 6.07) is 4.03. The Labute approximate surface area is 99.5 Å². The van der Waals surface area contributed by atoms with E-state index in [1.54, 1.807) is 0 Å². The first-order valence-corrected chi connectivity index (χ1v) is 5.03. The van der Waals surface area contributed by atoms with Gasteiger partial charge < -0.3 is 10.1 Å². The molecule has 3 nitrogen and oxygen atoms in total. The van der Waals surface area contributed by atoms with Crippen molar-refractivity contribution >= 4 is 40.7 Å². The Balaban J connectivity index is 2.92. The fraction of sp³-hybridized carbons (Fsp3) is 0. The maximum atomic E-state index is 13.6. The van der Waals surface area contributed by atoms with Crippen LogP contribution in [0.5, 0.6) is 0 Å². The molecule has 0 aliphatic heterocycles. The van der Waals surface area contributed by atoms with Crippen molar-refractivity contribution < 1.29 is 14.3 Å². The number of halogens is 2. The minimum absolute atomic E-state index is 0.0462. The number of carbonyl (C=O) groups is 1. The highest BCUT2D eigenvalue weighted by Gasteiger charge is 2.11. The number of benzene rings is 1. The molecule has 0 unspecified atom stereocenters. The van der Waals surface area contributed by atoms with Gasteiger partial charge in [-0.25, -0.2) is 9.18 Å². The Morgan fingerprint density at radius 2 is 2.19 bits per heavy atom. The van der Waals surface area contributed by atoms with E-state index in [0.717, 1.165) is 0 Å². The Hall–Kier alpha value is -1.46. The Morgan fingerprint density at radius 1 is 1.50 bits per heavy atom. The van der Waals surface area contributed by atoms with Gasteiger partial charge in [0.2, 0.25) is 0 Å². The number of aromatic amines is 1. The van der Waals surface area contributed by atoms with Crippen molar-refractivity contribution in [2.45, 2.75) is 0 Å². The first kappa shape index (κ1) is 11.0. The molecule has 0 saturated carbocycles. The number of carboxylic acids is 1. The third-order valence-electron chi connectivity index (χ3n) is 2.12. The highest BCUT2D eigenvalue weighted by atomic mass is 35.5. The van der Waals surface area contributed by atoms with Gasteiger partial charge in [-0.1, -0.05) is 23.8 Å². The van der Waals surface area contributed by atoms with E-state index in [9.17, 15) is 9.18 Å². The topological polar surface area (TPSA) is 53.1 Å². The molecule has 0 saturated heterocycles. The van der Waals surface area contributed by atoms with E-state index >= 15 is 0 Å². The maximum absolute atomic E-state index is 13.6. The molecule has 16 heavy (non-hydrogen) atoms. The van der Waals surface area contributed by atoms with Crippen molar-refractivity contribution in [3.8, 4) is 0 Å². The molecule has 0 atom stereocenters. The molecule has 1 aromatic heterocycles. The van der Waals surface area contributed by atoms with Crippen molar-refractivity contribution in [2.75, 3.05) is 0 Å². The molecular formula is C10H5ClFNO2S. The molecule has 0 aliphatic rings. The molecule has 2 aromatic rings. The molecule has 0 aliphatic carbocycles. The van der Waals surface area contributed by atoms with Gasteiger partial charge in [-0.3, -0.25) is 0 Å². The molecule has 0 bridgehead atoms. The van der Waals surface area contributed by atoms with Crippen molar-refractivity contribution in [2.24, 2.45) is 0 Å². The van der Waals surface area contributed by atoms with Crippen molar-refractivity contribution in [3.63, 3.8) is 0 Å². The second kappa shape index (κ2) is 3.84. The third kappa shape index (κ3) is 1.68. The van der Waals surface area contributed by atoms with E-state index in [2.05, 4.69) is 4.98 Å². The molecular weight excluding hydrogens is 253 g/mol. The first-order chi connectivity index (χ1) is 7.50. The lowest BCUT2D eigenvalue weighted by atomic mass is 10.2. The molecule has 1 aromatic carbocycles. The van der Waals surface area contributed by atoms with Crippen LogP contribution in [-0.4, -0.2) is 16.1 Å². The van der Waals surface area contributed by atoms with Gasteiger partial charge in [-0.15, -0.1) is 0 Å². The van der Waals surface area contributed by atoms with E-state index in [1.807, 2.05) is 0 Å². The van der Waals surface area contributed by atoms with Crippen LogP contribution < -0.4 is 0 Å². The van der Waals surface area contributed by atoms with Crippen LogP contribution in [0.3, 0.4) is 0 Å². The zero-order valence-electron chi connectivity index (χ0n) is 7.75. The lowest BCUT2D eigenvalue weighted by Crippen LogP contribution is -2.01. The van der Waals surface area contributed by atoms with Gasteiger partial charge in [0.05, 0.1) is 20.4 Å². The highest BCUT2D eigenvalue weighted by molar-refractivity contribution is 7.71. The number of carboxylic acid groups (broad SMARTS) is 1. The number of hydrogen-bond donors (Lipinski definition) is 2. The van der Waals surface area contributed by atoms with Crippen molar-refractivity contribution in [3.05, 3.63) is 39.2 Å². The summed E-state index contributed by atoms with van der Waals surface area (Å²) in [5, 5.41) is 8.88. The monoisotopic (exact) mass is 257 g/mol. The highest BCUT2D eigenvalue weighted by Crippen LogP contribution is 2.24. The van der Waals surface area contributed by atoms with Crippen LogP contribution in [0.15, 0.2) is 18.2 Å². The van der Waals surface area contributed by atoms with Crippen LogP contribution in [0.2, 0.25) is 5.02 Å². The number of pyridine rings is 1. The first-order valence-electron chi connectivity index (χ1n) is 4.25. The molecule has 2 N–H and O–H groups in total. The quantitative estimate of drug-likeness (QED) is 0.770. The number of rotatable bonds is 1. The average Bonchev–Trinajstić information content (AvgIpc) is 2.22. The molecule has 2 rings (SSSR count). The Bertz CT molecular complexity index is 653. The largest absolute Gasteiger partial charge is 0.477 e. The van der Waals surface area contributed by atoms with Gasteiger partial charge in [0.1, 0.15) is 5.69 Å². The molecule has 0 amide bonds. The Morgan fingerprint density at radius 3 is 2.81 bits per heavy atom. The van der Waals surface area contributed by atoms with Crippen LogP contribution in [0.25, 0.3) is 10.9 Å². The number of aromatic carboxylic acids is 1. The zero-order valence-corrected chi connectivity index (χ0v) is 9.32. The normalized spacial score (nSPS) is 10.6. The standard InChI is InChI=1S/C10H5ClFNO2S/c11-4-1-2-5-8(9(4)12)7(16)3-6(13-5)10(14)15/h1-3H,(H,13,16)(H,14,15). The molecule has 6 heteroatoms. The van der Waals surface area contributed by atoms with Crippen molar-refractivity contribution in [1.29, 1.82) is 0 Å². The summed E-state index contributed by atoms with van der Waals surface area (Å²) in [4.78, 5) is 13.3. The lowest BCUT2D eigenvalue weighted by Gasteiger charge is -2.03. The van der Waals surface area contributed by atoms with Gasteiger partial charge in [-0.2, -0.15) is 0 Å². The minimum Gasteiger partial charge on any atom is -0.477 e. The number of H-pyrrole nitrogens is 1.